The highest BCUT2D eigenvalue weighted by molar-refractivity contribution is 7.84. The molecule has 40 heavy (non-hydrogen) atoms. The van der Waals surface area contributed by atoms with E-state index in [0.717, 1.165) is 84.5 Å². The van der Waals surface area contributed by atoms with Crippen LogP contribution in [0.2, 0.25) is 0 Å². The minimum absolute atomic E-state index is 0.0111. The number of benzene rings is 2. The molecule has 8 nitrogen and oxygen atoms in total. The van der Waals surface area contributed by atoms with Gasteiger partial charge in [-0.05, 0) is 66.8 Å². The maximum atomic E-state index is 14.9. The van der Waals surface area contributed by atoms with Crippen LogP contribution in [0.4, 0.5) is 21.6 Å². The van der Waals surface area contributed by atoms with E-state index in [4.69, 9.17) is 27.3 Å². The monoisotopic (exact) mass is 555 g/mol. The Balaban J connectivity index is 1.08. The highest BCUT2D eigenvalue weighted by atomic mass is 32.2. The van der Waals surface area contributed by atoms with Crippen molar-refractivity contribution in [3.05, 3.63) is 81.8 Å². The Hall–Kier alpha value is -3.68. The molecule has 1 fully saturated rings. The van der Waals surface area contributed by atoms with Crippen molar-refractivity contribution in [3.63, 3.8) is 0 Å². The average Bonchev–Trinajstić information content (AvgIpc) is 3.51. The van der Waals surface area contributed by atoms with Gasteiger partial charge in [0.15, 0.2) is 5.84 Å². The summed E-state index contributed by atoms with van der Waals surface area (Å²) < 4.78 is 26.9. The van der Waals surface area contributed by atoms with Crippen LogP contribution < -0.4 is 15.5 Å². The van der Waals surface area contributed by atoms with E-state index < -0.39 is 16.6 Å². The van der Waals surface area contributed by atoms with Gasteiger partial charge in [-0.2, -0.15) is 0 Å². The topological polar surface area (TPSA) is 92.1 Å². The van der Waals surface area contributed by atoms with Gasteiger partial charge in [0.1, 0.15) is 17.3 Å². The molecule has 1 spiro atoms. The highest BCUT2D eigenvalue weighted by Crippen LogP contribution is 2.51. The van der Waals surface area contributed by atoms with Gasteiger partial charge < -0.3 is 15.5 Å². The van der Waals surface area contributed by atoms with Crippen LogP contribution in [0.5, 0.6) is 0 Å². The van der Waals surface area contributed by atoms with Crippen LogP contribution in [0.3, 0.4) is 0 Å². The second-order valence-corrected chi connectivity index (χ2v) is 12.6. The first kappa shape index (κ1) is 25.3. The van der Waals surface area contributed by atoms with Crippen LogP contribution in [0.25, 0.3) is 4.85 Å². The molecule has 1 aromatic heterocycles. The van der Waals surface area contributed by atoms with E-state index in [-0.39, 0.29) is 17.1 Å². The fourth-order valence-corrected chi connectivity index (χ4v) is 7.48. The number of nitrogens with two attached hydrogens (primary N) is 1. The summed E-state index contributed by atoms with van der Waals surface area (Å²) in [5, 5.41) is 0. The number of amidine groups is 1. The zero-order chi connectivity index (χ0) is 27.6. The molecular weight excluding hydrogens is 525 g/mol. The summed E-state index contributed by atoms with van der Waals surface area (Å²) in [6, 6.07) is 9.43. The Morgan fingerprint density at radius 2 is 2.02 bits per heavy atom. The number of rotatable bonds is 2. The maximum absolute atomic E-state index is 14.9. The van der Waals surface area contributed by atoms with Crippen LogP contribution in [0.1, 0.15) is 53.4 Å². The molecule has 3 aliphatic heterocycles. The predicted octanol–water partition coefficient (Wildman–Crippen LogP) is 4.46. The molecule has 0 saturated carbocycles. The molecule has 1 aliphatic carbocycles. The van der Waals surface area contributed by atoms with Crippen LogP contribution >= 0.6 is 0 Å². The Bertz CT molecular complexity index is 1640. The minimum atomic E-state index is -1.02. The van der Waals surface area contributed by atoms with Crippen molar-refractivity contribution in [2.75, 3.05) is 35.7 Å². The Morgan fingerprint density at radius 1 is 1.20 bits per heavy atom. The lowest BCUT2D eigenvalue weighted by Crippen LogP contribution is -2.44. The van der Waals surface area contributed by atoms with Gasteiger partial charge in [0.2, 0.25) is 5.69 Å². The number of piperidine rings is 1. The zero-order valence-corrected chi connectivity index (χ0v) is 23.2. The fraction of sp³-hybridized carbons (Fsp3) is 0.400. The van der Waals surface area contributed by atoms with E-state index in [1.807, 2.05) is 29.3 Å². The summed E-state index contributed by atoms with van der Waals surface area (Å²) in [6.07, 6.45) is 7.79. The van der Waals surface area contributed by atoms with Gasteiger partial charge in [0.25, 0.3) is 0 Å². The number of fused-ring (bicyclic) bond motifs is 3. The summed E-state index contributed by atoms with van der Waals surface area (Å²) in [7, 11) is -1.02. The van der Waals surface area contributed by atoms with Crippen LogP contribution in [-0.2, 0) is 30.2 Å². The van der Waals surface area contributed by atoms with Gasteiger partial charge in [-0.15, -0.1) is 0 Å². The summed E-state index contributed by atoms with van der Waals surface area (Å²) in [6.45, 7) is 10.1. The number of aromatic nitrogens is 2. The lowest BCUT2D eigenvalue weighted by atomic mass is 9.73. The van der Waals surface area contributed by atoms with E-state index >= 15 is 0 Å². The predicted molar refractivity (Wildman–Crippen MR) is 154 cm³/mol. The number of halogens is 1. The number of anilines is 2. The molecule has 0 radical (unpaired) electrons. The standard InChI is InChI=1S/C30H30FN7OS/c1-33-22-7-8-24-20(26(22)31)4-3-11-38(24)29-27-23(16-35-29)36-25(17-34-27)37-12-9-30(10-13-37)15-18-5-6-19(40(2)39)14-21(18)28(30)32/h5-8,14,17,28H,3-4,9-13,15-16,32H2,2H3/t28-,40?/m1/s1. The molecule has 0 amide bonds. The average molecular weight is 556 g/mol. The summed E-state index contributed by atoms with van der Waals surface area (Å²) in [5.41, 5.74) is 12.2. The third-order valence-corrected chi connectivity index (χ3v) is 10.1. The number of nitrogens with zero attached hydrogens (tertiary/aromatic N) is 6. The first-order valence-corrected chi connectivity index (χ1v) is 15.3. The molecule has 1 unspecified atom stereocenters. The molecule has 2 atom stereocenters. The van der Waals surface area contributed by atoms with Crippen molar-refractivity contribution in [1.29, 1.82) is 0 Å². The molecule has 0 bridgehead atoms. The van der Waals surface area contributed by atoms with Crippen molar-refractivity contribution in [3.8, 4) is 0 Å². The van der Waals surface area contributed by atoms with E-state index in [1.54, 1.807) is 12.3 Å². The second-order valence-electron chi connectivity index (χ2n) is 11.2. The molecule has 2 N–H and O–H groups in total. The number of hydrogen-bond acceptors (Lipinski definition) is 7. The van der Waals surface area contributed by atoms with E-state index in [0.29, 0.717) is 18.5 Å². The smallest absolute Gasteiger partial charge is 0.222 e. The van der Waals surface area contributed by atoms with Crippen molar-refractivity contribution in [2.45, 2.75) is 49.6 Å². The molecular formula is C30H30FN7OS. The van der Waals surface area contributed by atoms with Gasteiger partial charge >= 0.3 is 0 Å². The third kappa shape index (κ3) is 3.86. The van der Waals surface area contributed by atoms with E-state index in [9.17, 15) is 8.60 Å². The number of hydrogen-bond donors (Lipinski definition) is 1. The van der Waals surface area contributed by atoms with E-state index in [2.05, 4.69) is 15.8 Å². The van der Waals surface area contributed by atoms with Gasteiger partial charge in [-0.1, -0.05) is 12.1 Å². The molecule has 7 rings (SSSR count). The van der Waals surface area contributed by atoms with Crippen LogP contribution in [0.15, 0.2) is 46.4 Å². The fourth-order valence-electron chi connectivity index (χ4n) is 6.92. The van der Waals surface area contributed by atoms with E-state index in [1.165, 1.54) is 5.56 Å². The molecule has 3 aromatic rings. The lowest BCUT2D eigenvalue weighted by molar-refractivity contribution is 0.187. The minimum Gasteiger partial charge on any atom is -0.355 e. The first-order valence-electron chi connectivity index (χ1n) is 13.7. The largest absolute Gasteiger partial charge is 0.355 e. The summed E-state index contributed by atoms with van der Waals surface area (Å²) in [4.78, 5) is 23.0. The van der Waals surface area contributed by atoms with Gasteiger partial charge in [0, 0.05) is 58.9 Å². The normalized spacial score (nSPS) is 21.4. The Kier molecular flexibility index (Phi) is 5.98. The van der Waals surface area contributed by atoms with Crippen molar-refractivity contribution < 1.29 is 8.60 Å². The van der Waals surface area contributed by atoms with Gasteiger partial charge in [-0.25, -0.2) is 19.2 Å². The van der Waals surface area contributed by atoms with Gasteiger partial charge in [-0.3, -0.25) is 9.20 Å². The molecule has 10 heteroatoms. The SMILES string of the molecule is [C-]#[N+]c1ccc2c(c1F)CCCN2C1=NCc2nc(N3CCC4(CC3)Cc3ccc(S(C)=O)cc3[C@H]4N)cnc21. The third-order valence-electron chi connectivity index (χ3n) is 9.17. The highest BCUT2D eigenvalue weighted by Gasteiger charge is 2.46. The summed E-state index contributed by atoms with van der Waals surface area (Å²) in [5.74, 6) is 1.15. The first-order chi connectivity index (χ1) is 19.4. The van der Waals surface area contributed by atoms with Crippen molar-refractivity contribution >= 4 is 33.8 Å². The lowest BCUT2D eigenvalue weighted by Gasteiger charge is -2.42. The van der Waals surface area contributed by atoms with Crippen LogP contribution in [0, 0.1) is 17.8 Å². The maximum Gasteiger partial charge on any atom is 0.222 e. The van der Waals surface area contributed by atoms with Crippen LogP contribution in [-0.4, -0.2) is 45.9 Å². The summed E-state index contributed by atoms with van der Waals surface area (Å²) >= 11 is 0. The Labute approximate surface area is 235 Å². The molecule has 2 aromatic carbocycles. The zero-order valence-electron chi connectivity index (χ0n) is 22.4. The second kappa shape index (κ2) is 9.46. The molecule has 4 heterocycles. The molecule has 4 aliphatic rings. The molecule has 204 valence electrons. The quantitative estimate of drug-likeness (QED) is 0.470. The van der Waals surface area contributed by atoms with Gasteiger partial charge in [0.05, 0.1) is 25.0 Å². The van der Waals surface area contributed by atoms with Crippen molar-refractivity contribution in [1.82, 2.24) is 9.97 Å². The Morgan fingerprint density at radius 3 is 2.80 bits per heavy atom. The molecule has 1 saturated heterocycles. The van der Waals surface area contributed by atoms with Crippen molar-refractivity contribution in [2.24, 2.45) is 16.1 Å². The number of aliphatic imine (C=N–C) groups is 1.